The van der Waals surface area contributed by atoms with Gasteiger partial charge in [-0.2, -0.15) is 0 Å². The van der Waals surface area contributed by atoms with E-state index in [1.54, 1.807) is 24.3 Å². The number of phenols is 4. The zero-order valence-electron chi connectivity index (χ0n) is 16.9. The molecular weight excluding hydrogens is 407 g/mol. The Hall–Kier alpha value is -3.36. The summed E-state index contributed by atoms with van der Waals surface area (Å²) in [6.45, 7) is 0. The van der Waals surface area contributed by atoms with Crippen LogP contribution in [0.3, 0.4) is 0 Å². The highest BCUT2D eigenvalue weighted by Crippen LogP contribution is 2.62. The lowest BCUT2D eigenvalue weighted by Crippen LogP contribution is -2.01. The summed E-state index contributed by atoms with van der Waals surface area (Å²) < 4.78 is 0. The van der Waals surface area contributed by atoms with Crippen LogP contribution in [0.4, 0.5) is 0 Å². The standard InChI is InChI=1S/C26H23O4P/c27-18-10-16(11-19(28)14-18)25-23-8-4-5-9-24(23)26(17-12-20(29)15-21(30)13-17)31(25)22-6-2-1-3-7-22/h1-3,6-7,10-15,27-30H,4-5,8-9H2. The molecule has 4 N–H and O–H groups in total. The third-order valence-electron chi connectivity index (χ3n) is 5.85. The van der Waals surface area contributed by atoms with Gasteiger partial charge in [0.2, 0.25) is 0 Å². The maximum absolute atomic E-state index is 10.2. The van der Waals surface area contributed by atoms with Crippen molar-refractivity contribution in [2.24, 2.45) is 0 Å². The zero-order chi connectivity index (χ0) is 21.5. The Balaban J connectivity index is 1.91. The van der Waals surface area contributed by atoms with E-state index in [2.05, 4.69) is 12.1 Å². The van der Waals surface area contributed by atoms with Crippen LogP contribution in [0.2, 0.25) is 0 Å². The highest BCUT2D eigenvalue weighted by Gasteiger charge is 2.28. The monoisotopic (exact) mass is 430 g/mol. The molecular formula is C26H23O4P. The molecule has 5 rings (SSSR count). The van der Waals surface area contributed by atoms with Crippen LogP contribution in [0.1, 0.15) is 24.0 Å². The summed E-state index contributed by atoms with van der Waals surface area (Å²) in [6.07, 6.45) is 4.04. The smallest absolute Gasteiger partial charge is 0.119 e. The number of hydrogen-bond donors (Lipinski definition) is 4. The van der Waals surface area contributed by atoms with Crippen LogP contribution in [0.25, 0.3) is 27.0 Å². The minimum atomic E-state index is -1.00. The first-order valence-electron chi connectivity index (χ1n) is 10.4. The van der Waals surface area contributed by atoms with Crippen molar-refractivity contribution < 1.29 is 20.4 Å². The molecule has 1 aromatic heterocycles. The quantitative estimate of drug-likeness (QED) is 0.292. The third-order valence-corrected chi connectivity index (χ3v) is 8.62. The van der Waals surface area contributed by atoms with Crippen LogP contribution < -0.4 is 0 Å². The lowest BCUT2D eigenvalue weighted by atomic mass is 9.89. The molecule has 156 valence electrons. The lowest BCUT2D eigenvalue weighted by Gasteiger charge is -2.15. The van der Waals surface area contributed by atoms with E-state index in [-0.39, 0.29) is 23.0 Å². The highest BCUT2D eigenvalue weighted by molar-refractivity contribution is 7.63. The molecule has 0 atom stereocenters. The molecule has 0 saturated carbocycles. The fourth-order valence-corrected chi connectivity index (χ4v) is 7.73. The largest absolute Gasteiger partial charge is 0.508 e. The van der Waals surface area contributed by atoms with Gasteiger partial charge in [0.25, 0.3) is 0 Å². The molecule has 0 spiro atoms. The maximum atomic E-state index is 10.2. The Labute approximate surface area is 181 Å². The van der Waals surface area contributed by atoms with E-state index in [1.165, 1.54) is 23.3 Å². The van der Waals surface area contributed by atoms with Crippen molar-refractivity contribution in [3.8, 4) is 50.0 Å². The van der Waals surface area contributed by atoms with Crippen LogP contribution in [0.5, 0.6) is 23.0 Å². The van der Waals surface area contributed by atoms with Gasteiger partial charge in [0, 0.05) is 22.7 Å². The number of fused-ring (bicyclic) bond motifs is 1. The van der Waals surface area contributed by atoms with Crippen molar-refractivity contribution >= 4 is 7.53 Å². The van der Waals surface area contributed by atoms with Gasteiger partial charge in [-0.25, -0.2) is 0 Å². The van der Waals surface area contributed by atoms with Crippen molar-refractivity contribution in [1.82, 2.24) is 0 Å². The van der Waals surface area contributed by atoms with Gasteiger partial charge >= 0.3 is 0 Å². The van der Waals surface area contributed by atoms with Crippen LogP contribution in [-0.4, -0.2) is 20.4 Å². The van der Waals surface area contributed by atoms with E-state index in [0.29, 0.717) is 0 Å². The summed E-state index contributed by atoms with van der Waals surface area (Å²) >= 11 is 0. The molecule has 0 bridgehead atoms. The van der Waals surface area contributed by atoms with Gasteiger partial charge in [-0.1, -0.05) is 37.9 Å². The van der Waals surface area contributed by atoms with E-state index in [0.717, 1.165) is 52.7 Å². The Morgan fingerprint density at radius 3 is 1.39 bits per heavy atom. The topological polar surface area (TPSA) is 80.9 Å². The second-order valence-electron chi connectivity index (χ2n) is 8.01. The summed E-state index contributed by atoms with van der Waals surface area (Å²) in [5.41, 5.74) is 4.18. The number of rotatable bonds is 3. The second-order valence-corrected chi connectivity index (χ2v) is 10.1. The normalized spacial score (nSPS) is 13.2. The second kappa shape index (κ2) is 7.72. The van der Waals surface area contributed by atoms with Gasteiger partial charge in [0.05, 0.1) is 0 Å². The van der Waals surface area contributed by atoms with Crippen LogP contribution in [-0.2, 0) is 12.8 Å². The van der Waals surface area contributed by atoms with Gasteiger partial charge in [-0.05, 0) is 77.5 Å². The zero-order valence-corrected chi connectivity index (χ0v) is 17.8. The van der Waals surface area contributed by atoms with Crippen molar-refractivity contribution in [3.63, 3.8) is 0 Å². The van der Waals surface area contributed by atoms with E-state index < -0.39 is 7.53 Å². The molecule has 4 nitrogen and oxygen atoms in total. The summed E-state index contributed by atoms with van der Waals surface area (Å²) in [5, 5.41) is 44.3. The fraction of sp³-hybridized carbons (Fsp3) is 0.154. The minimum Gasteiger partial charge on any atom is -0.508 e. The summed E-state index contributed by atoms with van der Waals surface area (Å²) in [4.78, 5) is 0. The SMILES string of the molecule is Oc1cc(O)cc(-c2c3c(c(-c4cc(O)cc(O)c4)p2-c2ccccc2)CCCC3)c1. The highest BCUT2D eigenvalue weighted by atomic mass is 31.1. The summed E-state index contributed by atoms with van der Waals surface area (Å²) in [6, 6.07) is 19.8. The van der Waals surface area contributed by atoms with Crippen molar-refractivity contribution in [2.75, 3.05) is 0 Å². The van der Waals surface area contributed by atoms with E-state index in [9.17, 15) is 20.4 Å². The molecule has 3 aromatic carbocycles. The van der Waals surface area contributed by atoms with Gasteiger partial charge in [-0.3, -0.25) is 0 Å². The van der Waals surface area contributed by atoms with Crippen molar-refractivity contribution in [2.45, 2.75) is 25.7 Å². The Morgan fingerprint density at radius 1 is 0.548 bits per heavy atom. The molecule has 4 aromatic rings. The van der Waals surface area contributed by atoms with Crippen LogP contribution >= 0.6 is 7.53 Å². The maximum Gasteiger partial charge on any atom is 0.119 e. The molecule has 0 fully saturated rings. The predicted molar refractivity (Wildman–Crippen MR) is 125 cm³/mol. The molecule has 31 heavy (non-hydrogen) atoms. The molecule has 1 heterocycles. The molecule has 0 radical (unpaired) electrons. The van der Waals surface area contributed by atoms with Gasteiger partial charge in [-0.15, -0.1) is 0 Å². The Bertz CT molecular complexity index is 1160. The molecule has 0 amide bonds. The van der Waals surface area contributed by atoms with Crippen molar-refractivity contribution in [1.29, 1.82) is 0 Å². The molecule has 1 aliphatic carbocycles. The predicted octanol–water partition coefficient (Wildman–Crippen LogP) is 6.70. The van der Waals surface area contributed by atoms with Gasteiger partial charge < -0.3 is 20.4 Å². The molecule has 0 saturated heterocycles. The number of phenolic OH excluding ortho intramolecular Hbond substituents is 4. The average molecular weight is 430 g/mol. The molecule has 1 aliphatic rings. The number of hydrogen-bond acceptors (Lipinski definition) is 4. The Kier molecular flexibility index (Phi) is 4.88. The van der Waals surface area contributed by atoms with Gasteiger partial charge in [0.1, 0.15) is 23.0 Å². The van der Waals surface area contributed by atoms with Crippen LogP contribution in [0.15, 0.2) is 66.7 Å². The minimum absolute atomic E-state index is 0.0342. The lowest BCUT2D eigenvalue weighted by molar-refractivity contribution is 0.450. The molecule has 0 aliphatic heterocycles. The summed E-state index contributed by atoms with van der Waals surface area (Å²) in [7, 11) is -1.00. The van der Waals surface area contributed by atoms with Gasteiger partial charge in [0.15, 0.2) is 0 Å². The Morgan fingerprint density at radius 2 is 0.968 bits per heavy atom. The first-order chi connectivity index (χ1) is 15.0. The molecule has 5 heteroatoms. The average Bonchev–Trinajstić information content (AvgIpc) is 3.08. The summed E-state index contributed by atoms with van der Waals surface area (Å²) in [5.74, 6) is 0.137. The van der Waals surface area contributed by atoms with E-state index in [1.807, 2.05) is 18.2 Å². The van der Waals surface area contributed by atoms with Crippen molar-refractivity contribution in [3.05, 3.63) is 77.9 Å². The fourth-order valence-electron chi connectivity index (χ4n) is 4.72. The first kappa shape index (κ1) is 19.6. The molecule has 0 unspecified atom stereocenters. The van der Waals surface area contributed by atoms with E-state index in [4.69, 9.17) is 0 Å². The first-order valence-corrected chi connectivity index (χ1v) is 11.7. The number of benzene rings is 3. The van der Waals surface area contributed by atoms with E-state index >= 15 is 0 Å². The number of aromatic hydroxyl groups is 4. The van der Waals surface area contributed by atoms with Crippen LogP contribution in [0, 0.1) is 0 Å². The third kappa shape index (κ3) is 3.54.